The minimum Gasteiger partial charge on any atom is -0.0616 e. The van der Waals surface area contributed by atoms with Crippen LogP contribution in [0.15, 0.2) is 45.3 Å². The van der Waals surface area contributed by atoms with E-state index in [1.165, 1.54) is 54.5 Å². The van der Waals surface area contributed by atoms with Crippen molar-refractivity contribution in [2.45, 2.75) is 12.8 Å². The van der Waals surface area contributed by atoms with Crippen LogP contribution < -0.4 is 0 Å². The Hall–Kier alpha value is -0.860. The molecule has 4 rings (SSSR count). The molecule has 1 aliphatic carbocycles. The minimum atomic E-state index is 1.19. The van der Waals surface area contributed by atoms with Crippen LogP contribution in [0.2, 0.25) is 0 Å². The van der Waals surface area contributed by atoms with E-state index in [0.29, 0.717) is 0 Å². The normalized spacial score (nSPS) is 13.7. The highest BCUT2D eigenvalue weighted by atomic mass is 79.9. The summed E-state index contributed by atoms with van der Waals surface area (Å²) in [5.41, 5.74) is 3.00. The summed E-state index contributed by atoms with van der Waals surface area (Å²) in [5.74, 6) is 0. The van der Waals surface area contributed by atoms with Crippen molar-refractivity contribution in [3.63, 3.8) is 0 Å². The Bertz CT molecular complexity index is 749. The summed E-state index contributed by atoms with van der Waals surface area (Å²) in [6.45, 7) is 0. The Morgan fingerprint density at radius 2 is 1.33 bits per heavy atom. The van der Waals surface area contributed by atoms with E-state index in [1.54, 1.807) is 0 Å². The molecule has 0 unspecified atom stereocenters. The van der Waals surface area contributed by atoms with E-state index < -0.39 is 0 Å². The van der Waals surface area contributed by atoms with E-state index in [0.717, 1.165) is 0 Å². The van der Waals surface area contributed by atoms with Crippen molar-refractivity contribution in [3.05, 3.63) is 56.5 Å². The molecule has 0 N–H and O–H groups in total. The maximum atomic E-state index is 3.74. The summed E-state index contributed by atoms with van der Waals surface area (Å²) in [6, 6.07) is 13.2. The first-order chi connectivity index (χ1) is 8.75. The van der Waals surface area contributed by atoms with Gasteiger partial charge in [-0.05, 0) is 89.5 Å². The van der Waals surface area contributed by atoms with Gasteiger partial charge in [0.25, 0.3) is 0 Å². The largest absolute Gasteiger partial charge is 0.0616 e. The lowest BCUT2D eigenvalue weighted by Gasteiger charge is -2.24. The lowest BCUT2D eigenvalue weighted by atomic mass is 9.83. The minimum absolute atomic E-state index is 1.19. The molecule has 1 aliphatic rings. The number of hydrogen-bond donors (Lipinski definition) is 0. The zero-order valence-electron chi connectivity index (χ0n) is 9.63. The monoisotopic (exact) mass is 360 g/mol. The fourth-order valence-corrected chi connectivity index (χ4v) is 4.06. The molecule has 0 saturated carbocycles. The van der Waals surface area contributed by atoms with Gasteiger partial charge in [0, 0.05) is 8.95 Å². The van der Waals surface area contributed by atoms with E-state index >= 15 is 0 Å². The molecule has 0 amide bonds. The van der Waals surface area contributed by atoms with Gasteiger partial charge in [0.15, 0.2) is 0 Å². The molecule has 0 spiro atoms. The predicted molar refractivity (Wildman–Crippen MR) is 84.3 cm³/mol. The van der Waals surface area contributed by atoms with Gasteiger partial charge in [-0.1, -0.05) is 24.3 Å². The first-order valence-corrected chi connectivity index (χ1v) is 7.65. The lowest BCUT2D eigenvalue weighted by molar-refractivity contribution is 0.843. The van der Waals surface area contributed by atoms with Gasteiger partial charge in [-0.2, -0.15) is 0 Å². The average Bonchev–Trinajstić information content (AvgIpc) is 2.34. The van der Waals surface area contributed by atoms with Gasteiger partial charge >= 0.3 is 0 Å². The topological polar surface area (TPSA) is 0 Å². The van der Waals surface area contributed by atoms with Crippen LogP contribution in [-0.4, -0.2) is 0 Å². The number of fused-ring (bicyclic) bond motifs is 4. The van der Waals surface area contributed by atoms with Crippen molar-refractivity contribution >= 4 is 53.4 Å². The van der Waals surface area contributed by atoms with Gasteiger partial charge < -0.3 is 0 Å². The molecule has 3 aromatic carbocycles. The smallest absolute Gasteiger partial charge is 0.0399 e. The van der Waals surface area contributed by atoms with Gasteiger partial charge in [0.1, 0.15) is 0 Å². The molecule has 0 nitrogen and oxygen atoms in total. The second kappa shape index (κ2) is 3.82. The Labute approximate surface area is 122 Å². The second-order valence-corrected chi connectivity index (χ2v) is 6.42. The van der Waals surface area contributed by atoms with Crippen LogP contribution in [0, 0.1) is 0 Å². The maximum absolute atomic E-state index is 3.74. The van der Waals surface area contributed by atoms with Crippen molar-refractivity contribution in [1.29, 1.82) is 0 Å². The highest BCUT2D eigenvalue weighted by Gasteiger charge is 2.22. The summed E-state index contributed by atoms with van der Waals surface area (Å²) >= 11 is 7.46. The summed E-state index contributed by atoms with van der Waals surface area (Å²) in [7, 11) is 0. The standard InChI is InChI=1S/C16H10Br2/c17-15-12-6-5-11(12)13-7-9-3-1-2-4-10(9)8-14(13)16(15)18/h1-4,7-8H,5-6H2. The number of rotatable bonds is 0. The maximum Gasteiger partial charge on any atom is 0.0399 e. The van der Waals surface area contributed by atoms with Crippen LogP contribution in [0.4, 0.5) is 0 Å². The predicted octanol–water partition coefficient (Wildman–Crippen LogP) is 5.62. The van der Waals surface area contributed by atoms with Crippen LogP contribution in [-0.2, 0) is 12.8 Å². The van der Waals surface area contributed by atoms with E-state index in [9.17, 15) is 0 Å². The Morgan fingerprint density at radius 3 is 1.94 bits per heavy atom. The molecule has 0 atom stereocenters. The molecule has 0 bridgehead atoms. The van der Waals surface area contributed by atoms with E-state index in [4.69, 9.17) is 0 Å². The lowest BCUT2D eigenvalue weighted by Crippen LogP contribution is -2.10. The third-order valence-electron chi connectivity index (χ3n) is 3.89. The highest BCUT2D eigenvalue weighted by Crippen LogP contribution is 2.44. The van der Waals surface area contributed by atoms with Crippen LogP contribution in [0.3, 0.4) is 0 Å². The molecule has 2 heteroatoms. The van der Waals surface area contributed by atoms with Crippen molar-refractivity contribution in [2.24, 2.45) is 0 Å². The SMILES string of the molecule is Brc1c2c(c3cc4ccccc4cc3c1Br)CC2. The molecule has 0 aromatic heterocycles. The van der Waals surface area contributed by atoms with Gasteiger partial charge in [0.05, 0.1) is 0 Å². The van der Waals surface area contributed by atoms with E-state index in [1.807, 2.05) is 0 Å². The first kappa shape index (κ1) is 11.0. The van der Waals surface area contributed by atoms with Crippen molar-refractivity contribution in [1.82, 2.24) is 0 Å². The van der Waals surface area contributed by atoms with Crippen molar-refractivity contribution in [2.75, 3.05) is 0 Å². The van der Waals surface area contributed by atoms with Crippen LogP contribution in [0.5, 0.6) is 0 Å². The Balaban J connectivity index is 2.25. The van der Waals surface area contributed by atoms with Crippen molar-refractivity contribution in [3.8, 4) is 0 Å². The van der Waals surface area contributed by atoms with Gasteiger partial charge in [-0.15, -0.1) is 0 Å². The number of aryl methyl sites for hydroxylation is 1. The second-order valence-electron chi connectivity index (χ2n) is 4.83. The summed E-state index contributed by atoms with van der Waals surface area (Å²) < 4.78 is 2.44. The van der Waals surface area contributed by atoms with Gasteiger partial charge in [-0.3, -0.25) is 0 Å². The molecule has 0 saturated heterocycles. The molecule has 88 valence electrons. The zero-order valence-corrected chi connectivity index (χ0v) is 12.8. The summed E-state index contributed by atoms with van der Waals surface area (Å²) in [6.07, 6.45) is 2.40. The molecular formula is C16H10Br2. The van der Waals surface area contributed by atoms with Gasteiger partial charge in [-0.25, -0.2) is 0 Å². The highest BCUT2D eigenvalue weighted by molar-refractivity contribution is 9.13. The molecule has 0 heterocycles. The van der Waals surface area contributed by atoms with Gasteiger partial charge in [0.2, 0.25) is 0 Å². The van der Waals surface area contributed by atoms with E-state index in [2.05, 4.69) is 68.3 Å². The first-order valence-electron chi connectivity index (χ1n) is 6.07. The quantitative estimate of drug-likeness (QED) is 0.456. The summed E-state index contributed by atoms with van der Waals surface area (Å²) in [4.78, 5) is 0. The van der Waals surface area contributed by atoms with Crippen LogP contribution >= 0.6 is 31.9 Å². The van der Waals surface area contributed by atoms with Crippen LogP contribution in [0.1, 0.15) is 11.1 Å². The third kappa shape index (κ3) is 1.36. The molecule has 3 aromatic rings. The molecule has 18 heavy (non-hydrogen) atoms. The average molecular weight is 362 g/mol. The summed E-state index contributed by atoms with van der Waals surface area (Å²) in [5, 5.41) is 5.36. The Morgan fingerprint density at radius 1 is 0.722 bits per heavy atom. The number of hydrogen-bond acceptors (Lipinski definition) is 0. The van der Waals surface area contributed by atoms with Crippen molar-refractivity contribution < 1.29 is 0 Å². The zero-order chi connectivity index (χ0) is 12.3. The molecular weight excluding hydrogens is 352 g/mol. The fraction of sp³-hybridized carbons (Fsp3) is 0.125. The van der Waals surface area contributed by atoms with E-state index in [-0.39, 0.29) is 0 Å². The van der Waals surface area contributed by atoms with Crippen LogP contribution in [0.25, 0.3) is 21.5 Å². The molecule has 0 fully saturated rings. The molecule has 0 radical (unpaired) electrons. The number of halogens is 2. The Kier molecular flexibility index (Phi) is 2.33. The third-order valence-corrected chi connectivity index (χ3v) is 6.13. The molecule has 0 aliphatic heterocycles. The fourth-order valence-electron chi connectivity index (χ4n) is 2.84. The number of benzene rings is 3.